The summed E-state index contributed by atoms with van der Waals surface area (Å²) < 4.78 is 1.65. The summed E-state index contributed by atoms with van der Waals surface area (Å²) in [5.41, 5.74) is 0.914. The van der Waals surface area contributed by atoms with Crippen LogP contribution in [0.5, 0.6) is 0 Å². The smallest absolute Gasteiger partial charge is 0.321 e. The average Bonchev–Trinajstić information content (AvgIpc) is 2.91. The molecule has 0 unspecified atom stereocenters. The molecule has 2 aromatic rings. The quantitative estimate of drug-likeness (QED) is 0.500. The zero-order chi connectivity index (χ0) is 20.8. The third kappa shape index (κ3) is 5.57. The highest BCUT2D eigenvalue weighted by Crippen LogP contribution is 2.28. The highest BCUT2D eigenvalue weighted by Gasteiger charge is 2.18. The number of carbonyl (C=O) groups excluding carboxylic acids is 2. The van der Waals surface area contributed by atoms with Gasteiger partial charge in [0.15, 0.2) is 5.16 Å². The molecule has 2 rings (SSSR count). The van der Waals surface area contributed by atoms with Crippen molar-refractivity contribution in [3.05, 3.63) is 20.8 Å². The molecule has 0 atom stereocenters. The van der Waals surface area contributed by atoms with Gasteiger partial charge in [0.1, 0.15) is 4.83 Å². The Bertz CT molecular complexity index is 918. The molecule has 0 spiro atoms. The van der Waals surface area contributed by atoms with Gasteiger partial charge in [-0.25, -0.2) is 9.78 Å². The molecule has 0 aliphatic rings. The maximum absolute atomic E-state index is 13.0. The summed E-state index contributed by atoms with van der Waals surface area (Å²) in [5.74, 6) is -0.0965. The largest absolute Gasteiger partial charge is 0.338 e. The van der Waals surface area contributed by atoms with Crippen molar-refractivity contribution < 1.29 is 9.59 Å². The zero-order valence-electron chi connectivity index (χ0n) is 17.0. The van der Waals surface area contributed by atoms with Gasteiger partial charge in [-0.3, -0.25) is 19.5 Å². The topological polar surface area (TPSA) is 93.1 Å². The van der Waals surface area contributed by atoms with E-state index in [2.05, 4.69) is 22.5 Å². The predicted molar refractivity (Wildman–Crippen MR) is 115 cm³/mol. The number of nitrogens with one attached hydrogen (secondary N) is 2. The second-order valence-corrected chi connectivity index (χ2v) is 9.25. The molecule has 0 fully saturated rings. The van der Waals surface area contributed by atoms with E-state index < -0.39 is 11.9 Å². The minimum Gasteiger partial charge on any atom is -0.338 e. The molecule has 3 amide bonds. The number of carbonyl (C=O) groups is 2. The van der Waals surface area contributed by atoms with Gasteiger partial charge < -0.3 is 5.32 Å². The number of nitrogens with zero attached hydrogens (tertiary/aromatic N) is 2. The number of hydrogen-bond donors (Lipinski definition) is 2. The lowest BCUT2D eigenvalue weighted by Crippen LogP contribution is -2.41. The van der Waals surface area contributed by atoms with Gasteiger partial charge >= 0.3 is 6.03 Å². The standard InChI is InChI=1S/C19H28N4O3S2/c1-6-7-8-23-17(25)15-12(4)13(5)28-16(15)22-19(23)27-10-14(24)21-18(26)20-9-11(2)3/h11H,6-10H2,1-5H3,(H2,20,21,24,26). The van der Waals surface area contributed by atoms with E-state index in [1.54, 1.807) is 4.57 Å². The lowest BCUT2D eigenvalue weighted by molar-refractivity contribution is -0.117. The Morgan fingerprint density at radius 2 is 2.00 bits per heavy atom. The minimum atomic E-state index is -0.504. The van der Waals surface area contributed by atoms with Gasteiger partial charge in [0, 0.05) is 18.0 Å². The van der Waals surface area contributed by atoms with Crippen LogP contribution in [0.4, 0.5) is 4.79 Å². The third-order valence-electron chi connectivity index (χ3n) is 4.25. The number of unbranched alkanes of at least 4 members (excludes halogenated alkanes) is 1. The van der Waals surface area contributed by atoms with Crippen molar-refractivity contribution in [3.63, 3.8) is 0 Å². The molecule has 9 heteroatoms. The molecule has 2 aromatic heterocycles. The summed E-state index contributed by atoms with van der Waals surface area (Å²) in [5, 5.41) is 6.14. The van der Waals surface area contributed by atoms with Crippen molar-refractivity contribution in [2.24, 2.45) is 5.92 Å². The molecule has 0 radical (unpaired) electrons. The number of thioether (sulfide) groups is 1. The fraction of sp³-hybridized carbons (Fsp3) is 0.579. The molecule has 0 saturated carbocycles. The number of amides is 3. The first kappa shape index (κ1) is 22.4. The second kappa shape index (κ2) is 10.1. The van der Waals surface area contributed by atoms with E-state index in [9.17, 15) is 14.4 Å². The molecule has 0 aliphatic heterocycles. The van der Waals surface area contributed by atoms with E-state index >= 15 is 0 Å². The normalized spacial score (nSPS) is 11.2. The first-order chi connectivity index (χ1) is 13.2. The minimum absolute atomic E-state index is 0.0164. The third-order valence-corrected chi connectivity index (χ3v) is 6.32. The number of aromatic nitrogens is 2. The fourth-order valence-corrected chi connectivity index (χ4v) is 4.46. The molecule has 0 aromatic carbocycles. The Labute approximate surface area is 173 Å². The van der Waals surface area contributed by atoms with E-state index in [0.29, 0.717) is 34.4 Å². The average molecular weight is 425 g/mol. The van der Waals surface area contributed by atoms with Gasteiger partial charge in [-0.15, -0.1) is 11.3 Å². The number of aryl methyl sites for hydroxylation is 2. The molecule has 154 valence electrons. The maximum atomic E-state index is 13.0. The summed E-state index contributed by atoms with van der Waals surface area (Å²) in [4.78, 5) is 43.3. The summed E-state index contributed by atoms with van der Waals surface area (Å²) in [6, 6.07) is -0.504. The molecule has 0 saturated heterocycles. The molecule has 7 nitrogen and oxygen atoms in total. The first-order valence-electron chi connectivity index (χ1n) is 9.45. The van der Waals surface area contributed by atoms with Crippen molar-refractivity contribution in [1.82, 2.24) is 20.2 Å². The van der Waals surface area contributed by atoms with Crippen LogP contribution in [-0.4, -0.2) is 33.8 Å². The Morgan fingerprint density at radius 1 is 1.29 bits per heavy atom. The Balaban J connectivity index is 2.17. The van der Waals surface area contributed by atoms with Gasteiger partial charge in [-0.05, 0) is 31.7 Å². The van der Waals surface area contributed by atoms with Crippen LogP contribution in [0.15, 0.2) is 9.95 Å². The Kier molecular flexibility index (Phi) is 8.06. The molecule has 2 heterocycles. The Hall–Kier alpha value is -1.87. The van der Waals surface area contributed by atoms with E-state index in [1.165, 1.54) is 23.1 Å². The van der Waals surface area contributed by atoms with Gasteiger partial charge in [0.2, 0.25) is 5.91 Å². The fourth-order valence-electron chi connectivity index (χ4n) is 2.57. The molecule has 28 heavy (non-hydrogen) atoms. The summed E-state index contributed by atoms with van der Waals surface area (Å²) in [7, 11) is 0. The lowest BCUT2D eigenvalue weighted by atomic mass is 10.2. The molecular formula is C19H28N4O3S2. The van der Waals surface area contributed by atoms with Crippen molar-refractivity contribution >= 4 is 45.3 Å². The summed E-state index contributed by atoms with van der Waals surface area (Å²) in [6.45, 7) is 11.0. The van der Waals surface area contributed by atoms with Crippen molar-refractivity contribution in [2.75, 3.05) is 12.3 Å². The predicted octanol–water partition coefficient (Wildman–Crippen LogP) is 3.45. The Morgan fingerprint density at radius 3 is 2.64 bits per heavy atom. The highest BCUT2D eigenvalue weighted by molar-refractivity contribution is 7.99. The number of rotatable bonds is 8. The van der Waals surface area contributed by atoms with Gasteiger partial charge in [-0.1, -0.05) is 39.0 Å². The van der Waals surface area contributed by atoms with Crippen molar-refractivity contribution in [1.29, 1.82) is 0 Å². The van der Waals surface area contributed by atoms with Crippen LogP contribution < -0.4 is 16.2 Å². The second-order valence-electron chi connectivity index (χ2n) is 7.11. The van der Waals surface area contributed by atoms with Crippen LogP contribution >= 0.6 is 23.1 Å². The van der Waals surface area contributed by atoms with E-state index in [1.807, 2.05) is 27.7 Å². The van der Waals surface area contributed by atoms with Crippen LogP contribution in [0.2, 0.25) is 0 Å². The number of hydrogen-bond acceptors (Lipinski definition) is 6. The zero-order valence-corrected chi connectivity index (χ0v) is 18.7. The molecular weight excluding hydrogens is 396 g/mol. The number of thiophene rings is 1. The van der Waals surface area contributed by atoms with Gasteiger partial charge in [-0.2, -0.15) is 0 Å². The van der Waals surface area contributed by atoms with E-state index in [4.69, 9.17) is 0 Å². The summed E-state index contributed by atoms with van der Waals surface area (Å²) in [6.07, 6.45) is 1.80. The number of urea groups is 1. The summed E-state index contributed by atoms with van der Waals surface area (Å²) >= 11 is 2.67. The van der Waals surface area contributed by atoms with Crippen molar-refractivity contribution in [3.8, 4) is 0 Å². The monoisotopic (exact) mass is 424 g/mol. The van der Waals surface area contributed by atoms with Gasteiger partial charge in [0.05, 0.1) is 11.1 Å². The van der Waals surface area contributed by atoms with Crippen LogP contribution in [0.25, 0.3) is 10.2 Å². The van der Waals surface area contributed by atoms with Gasteiger partial charge in [0.25, 0.3) is 5.56 Å². The molecule has 0 bridgehead atoms. The number of imide groups is 1. The molecule has 2 N–H and O–H groups in total. The lowest BCUT2D eigenvalue weighted by Gasteiger charge is -2.12. The highest BCUT2D eigenvalue weighted by atomic mass is 32.2. The van der Waals surface area contributed by atoms with Crippen LogP contribution in [-0.2, 0) is 11.3 Å². The number of fused-ring (bicyclic) bond motifs is 1. The van der Waals surface area contributed by atoms with Crippen LogP contribution in [0, 0.1) is 19.8 Å². The SMILES string of the molecule is CCCCn1c(SCC(=O)NC(=O)NCC(C)C)nc2sc(C)c(C)c2c1=O. The van der Waals surface area contributed by atoms with Crippen LogP contribution in [0.1, 0.15) is 44.1 Å². The van der Waals surface area contributed by atoms with E-state index in [-0.39, 0.29) is 11.3 Å². The van der Waals surface area contributed by atoms with E-state index in [0.717, 1.165) is 23.3 Å². The first-order valence-corrected chi connectivity index (χ1v) is 11.3. The molecule has 0 aliphatic carbocycles. The van der Waals surface area contributed by atoms with Crippen molar-refractivity contribution in [2.45, 2.75) is 59.2 Å². The van der Waals surface area contributed by atoms with Crippen LogP contribution in [0.3, 0.4) is 0 Å². The maximum Gasteiger partial charge on any atom is 0.321 e.